The van der Waals surface area contributed by atoms with Gasteiger partial charge in [-0.2, -0.15) is 0 Å². The largest absolute Gasteiger partial charge is 0.313 e. The normalized spacial score (nSPS) is 13.1. The predicted octanol–water partition coefficient (Wildman–Crippen LogP) is 2.81. The summed E-state index contributed by atoms with van der Waals surface area (Å²) in [6, 6.07) is 0.459. The fourth-order valence-corrected chi connectivity index (χ4v) is 1.72. The van der Waals surface area contributed by atoms with E-state index in [2.05, 4.69) is 52.0 Å². The minimum absolute atomic E-state index is 0.459. The van der Waals surface area contributed by atoms with Crippen LogP contribution in [0, 0.1) is 5.92 Å². The van der Waals surface area contributed by atoms with Gasteiger partial charge in [-0.15, -0.1) is 0 Å². The molecule has 0 saturated carbocycles. The monoisotopic (exact) mass is 285 g/mol. The van der Waals surface area contributed by atoms with E-state index in [1.54, 1.807) is 12.4 Å². The smallest absolute Gasteiger partial charge is 0.129 e. The second-order valence-corrected chi connectivity index (χ2v) is 5.24. The Morgan fingerprint density at radius 2 is 1.94 bits per heavy atom. The van der Waals surface area contributed by atoms with Crippen molar-refractivity contribution < 1.29 is 0 Å². The van der Waals surface area contributed by atoms with Crippen molar-refractivity contribution in [3.8, 4) is 0 Å². The summed E-state index contributed by atoms with van der Waals surface area (Å²) in [4.78, 5) is 8.62. The van der Waals surface area contributed by atoms with Crippen molar-refractivity contribution >= 4 is 15.9 Å². The van der Waals surface area contributed by atoms with Crippen molar-refractivity contribution in [1.29, 1.82) is 0 Å². The molecular formula is C12H20BrN3. The van der Waals surface area contributed by atoms with E-state index in [-0.39, 0.29) is 0 Å². The summed E-state index contributed by atoms with van der Waals surface area (Å²) in [6.45, 7) is 7.69. The van der Waals surface area contributed by atoms with Gasteiger partial charge >= 0.3 is 0 Å². The highest BCUT2D eigenvalue weighted by atomic mass is 79.9. The van der Waals surface area contributed by atoms with Crippen LogP contribution >= 0.6 is 15.9 Å². The number of halogens is 1. The second-order valence-electron chi connectivity index (χ2n) is 4.33. The van der Waals surface area contributed by atoms with Gasteiger partial charge in [-0.3, -0.25) is 0 Å². The molecule has 0 spiro atoms. The molecule has 0 radical (unpaired) electrons. The van der Waals surface area contributed by atoms with E-state index in [1.807, 2.05) is 0 Å². The van der Waals surface area contributed by atoms with E-state index < -0.39 is 0 Å². The first-order valence-electron chi connectivity index (χ1n) is 5.83. The summed E-state index contributed by atoms with van der Waals surface area (Å²) in [5, 5.41) is 3.54. The van der Waals surface area contributed by atoms with Gasteiger partial charge in [-0.05, 0) is 34.8 Å². The second kappa shape index (κ2) is 6.97. The Balaban J connectivity index is 2.57. The van der Waals surface area contributed by atoms with Gasteiger partial charge in [0.25, 0.3) is 0 Å². The van der Waals surface area contributed by atoms with Crippen molar-refractivity contribution in [2.45, 2.75) is 39.7 Å². The third kappa shape index (κ3) is 4.58. The summed E-state index contributed by atoms with van der Waals surface area (Å²) in [5.41, 5.74) is 0. The maximum absolute atomic E-state index is 4.31. The number of aromatic nitrogens is 2. The standard InChI is InChI=1S/C12H20BrN3/c1-4-5-14-11(9(2)3)6-12-15-7-10(13)8-16-12/h7-9,11,14H,4-6H2,1-3H3. The lowest BCUT2D eigenvalue weighted by molar-refractivity contribution is 0.391. The minimum atomic E-state index is 0.459. The SMILES string of the molecule is CCCNC(Cc1ncc(Br)cn1)C(C)C. The first-order chi connectivity index (χ1) is 7.63. The lowest BCUT2D eigenvalue weighted by Crippen LogP contribution is -2.36. The zero-order valence-corrected chi connectivity index (χ0v) is 11.8. The minimum Gasteiger partial charge on any atom is -0.313 e. The van der Waals surface area contributed by atoms with Crippen molar-refractivity contribution in [3.63, 3.8) is 0 Å². The van der Waals surface area contributed by atoms with Crippen LogP contribution in [0.2, 0.25) is 0 Å². The van der Waals surface area contributed by atoms with E-state index in [0.29, 0.717) is 12.0 Å². The average Bonchev–Trinajstić information content (AvgIpc) is 2.26. The van der Waals surface area contributed by atoms with Gasteiger partial charge in [0.2, 0.25) is 0 Å². The van der Waals surface area contributed by atoms with E-state index in [4.69, 9.17) is 0 Å². The molecule has 3 nitrogen and oxygen atoms in total. The summed E-state index contributed by atoms with van der Waals surface area (Å²) in [7, 11) is 0. The van der Waals surface area contributed by atoms with Crippen LogP contribution in [0.1, 0.15) is 33.0 Å². The highest BCUT2D eigenvalue weighted by Crippen LogP contribution is 2.09. The van der Waals surface area contributed by atoms with Crippen LogP contribution in [0.15, 0.2) is 16.9 Å². The molecule has 0 aliphatic rings. The van der Waals surface area contributed by atoms with Gasteiger partial charge < -0.3 is 5.32 Å². The van der Waals surface area contributed by atoms with E-state index >= 15 is 0 Å². The molecule has 0 aliphatic carbocycles. The molecule has 1 unspecified atom stereocenters. The molecule has 0 saturated heterocycles. The first-order valence-corrected chi connectivity index (χ1v) is 6.62. The maximum atomic E-state index is 4.31. The van der Waals surface area contributed by atoms with Crippen molar-refractivity contribution in [2.75, 3.05) is 6.54 Å². The molecule has 0 aliphatic heterocycles. The van der Waals surface area contributed by atoms with E-state index in [0.717, 1.165) is 29.7 Å². The molecule has 0 bridgehead atoms. The van der Waals surface area contributed by atoms with Crippen LogP contribution in [0.25, 0.3) is 0 Å². The molecule has 1 aromatic heterocycles. The number of hydrogen-bond donors (Lipinski definition) is 1. The van der Waals surface area contributed by atoms with Crippen molar-refractivity contribution in [2.24, 2.45) is 5.92 Å². The Labute approximate surface area is 106 Å². The zero-order valence-electron chi connectivity index (χ0n) is 10.2. The Kier molecular flexibility index (Phi) is 5.91. The fourth-order valence-electron chi connectivity index (χ4n) is 1.51. The zero-order chi connectivity index (χ0) is 12.0. The summed E-state index contributed by atoms with van der Waals surface area (Å²) in [5.74, 6) is 1.50. The number of hydrogen-bond acceptors (Lipinski definition) is 3. The van der Waals surface area contributed by atoms with Crippen LogP contribution in [0.4, 0.5) is 0 Å². The Hall–Kier alpha value is -0.480. The summed E-state index contributed by atoms with van der Waals surface area (Å²) < 4.78 is 0.930. The van der Waals surface area contributed by atoms with Crippen LogP contribution in [-0.2, 0) is 6.42 Å². The predicted molar refractivity (Wildman–Crippen MR) is 70.4 cm³/mol. The highest BCUT2D eigenvalue weighted by Gasteiger charge is 2.14. The Morgan fingerprint density at radius 3 is 2.44 bits per heavy atom. The van der Waals surface area contributed by atoms with Gasteiger partial charge in [0, 0.05) is 24.9 Å². The molecule has 1 aromatic rings. The van der Waals surface area contributed by atoms with Gasteiger partial charge in [-0.1, -0.05) is 20.8 Å². The topological polar surface area (TPSA) is 37.8 Å². The number of nitrogens with one attached hydrogen (secondary N) is 1. The third-order valence-corrected chi connectivity index (χ3v) is 2.95. The molecule has 90 valence electrons. The molecule has 1 atom stereocenters. The molecule has 4 heteroatoms. The molecule has 1 heterocycles. The Morgan fingerprint density at radius 1 is 1.31 bits per heavy atom. The first kappa shape index (κ1) is 13.6. The highest BCUT2D eigenvalue weighted by molar-refractivity contribution is 9.10. The van der Waals surface area contributed by atoms with Gasteiger partial charge in [0.1, 0.15) is 5.82 Å². The molecule has 0 fully saturated rings. The fraction of sp³-hybridized carbons (Fsp3) is 0.667. The van der Waals surface area contributed by atoms with E-state index in [1.165, 1.54) is 0 Å². The third-order valence-electron chi connectivity index (χ3n) is 2.54. The molecular weight excluding hydrogens is 266 g/mol. The maximum Gasteiger partial charge on any atom is 0.129 e. The van der Waals surface area contributed by atoms with Crippen LogP contribution in [-0.4, -0.2) is 22.6 Å². The van der Waals surface area contributed by atoms with Gasteiger partial charge in [-0.25, -0.2) is 9.97 Å². The summed E-state index contributed by atoms with van der Waals surface area (Å²) in [6.07, 6.45) is 5.66. The van der Waals surface area contributed by atoms with Gasteiger partial charge in [0.05, 0.1) is 4.47 Å². The lowest BCUT2D eigenvalue weighted by Gasteiger charge is -2.21. The summed E-state index contributed by atoms with van der Waals surface area (Å²) >= 11 is 3.34. The van der Waals surface area contributed by atoms with Crippen molar-refractivity contribution in [3.05, 3.63) is 22.7 Å². The quantitative estimate of drug-likeness (QED) is 0.874. The van der Waals surface area contributed by atoms with Crippen LogP contribution < -0.4 is 5.32 Å². The van der Waals surface area contributed by atoms with Crippen LogP contribution in [0.5, 0.6) is 0 Å². The molecule has 16 heavy (non-hydrogen) atoms. The molecule has 0 aromatic carbocycles. The average molecular weight is 286 g/mol. The van der Waals surface area contributed by atoms with Crippen molar-refractivity contribution in [1.82, 2.24) is 15.3 Å². The number of rotatable bonds is 6. The molecule has 0 amide bonds. The molecule has 1 rings (SSSR count). The molecule has 1 N–H and O–H groups in total. The lowest BCUT2D eigenvalue weighted by atomic mass is 10.0. The van der Waals surface area contributed by atoms with E-state index in [9.17, 15) is 0 Å². The number of nitrogens with zero attached hydrogens (tertiary/aromatic N) is 2. The Bertz CT molecular complexity index is 298. The van der Waals surface area contributed by atoms with Gasteiger partial charge in [0.15, 0.2) is 0 Å². The van der Waals surface area contributed by atoms with Crippen LogP contribution in [0.3, 0.4) is 0 Å².